The number of aromatic amines is 1. The summed E-state index contributed by atoms with van der Waals surface area (Å²) in [5.74, 6) is 0.768. The molecule has 2 aromatic rings. The zero-order valence-corrected chi connectivity index (χ0v) is 15.7. The second kappa shape index (κ2) is 8.13. The largest absolute Gasteiger partial charge is 0.355 e. The van der Waals surface area contributed by atoms with Crippen LogP contribution in [0.2, 0.25) is 0 Å². The molecule has 3 N–H and O–H groups in total. The summed E-state index contributed by atoms with van der Waals surface area (Å²) in [4.78, 5) is 25.8. The van der Waals surface area contributed by atoms with Gasteiger partial charge < -0.3 is 15.5 Å². The minimum atomic E-state index is 0.0609. The van der Waals surface area contributed by atoms with Gasteiger partial charge in [0.1, 0.15) is 5.52 Å². The van der Waals surface area contributed by atoms with Gasteiger partial charge in [-0.25, -0.2) is 4.98 Å². The van der Waals surface area contributed by atoms with Crippen LogP contribution in [0.15, 0.2) is 6.20 Å². The van der Waals surface area contributed by atoms with Crippen molar-refractivity contribution in [2.75, 3.05) is 51.6 Å². The van der Waals surface area contributed by atoms with Crippen LogP contribution in [0.4, 0.5) is 5.95 Å². The van der Waals surface area contributed by atoms with E-state index in [0.717, 1.165) is 58.5 Å². The van der Waals surface area contributed by atoms with Gasteiger partial charge in [0.05, 0.1) is 6.20 Å². The van der Waals surface area contributed by atoms with Gasteiger partial charge in [-0.05, 0) is 26.3 Å². The molecule has 1 saturated heterocycles. The highest BCUT2D eigenvalue weighted by atomic mass is 16.1. The number of anilines is 1. The van der Waals surface area contributed by atoms with Crippen molar-refractivity contribution in [2.45, 2.75) is 25.3 Å². The number of rotatable bonds is 6. The molecule has 4 rings (SSSR count). The van der Waals surface area contributed by atoms with Gasteiger partial charge in [0, 0.05) is 51.2 Å². The molecule has 0 spiro atoms. The zero-order valence-electron chi connectivity index (χ0n) is 15.7. The van der Waals surface area contributed by atoms with E-state index in [-0.39, 0.29) is 17.9 Å². The fraction of sp³-hybridized carbons (Fsp3) is 0.706. The van der Waals surface area contributed by atoms with Crippen molar-refractivity contribution < 1.29 is 4.79 Å². The lowest BCUT2D eigenvalue weighted by Gasteiger charge is -2.32. The number of hydrogen-bond acceptors (Lipinski definition) is 8. The van der Waals surface area contributed by atoms with Gasteiger partial charge in [-0.3, -0.25) is 9.69 Å². The number of H-pyrrole nitrogens is 1. The van der Waals surface area contributed by atoms with Gasteiger partial charge in [0.25, 0.3) is 0 Å². The summed E-state index contributed by atoms with van der Waals surface area (Å²) in [6.07, 6.45) is 4.28. The van der Waals surface area contributed by atoms with E-state index in [0.29, 0.717) is 17.1 Å². The molecule has 1 saturated carbocycles. The Morgan fingerprint density at radius 3 is 2.96 bits per heavy atom. The number of aromatic nitrogens is 5. The van der Waals surface area contributed by atoms with E-state index in [1.54, 1.807) is 6.20 Å². The van der Waals surface area contributed by atoms with Crippen LogP contribution in [0.1, 0.15) is 19.3 Å². The summed E-state index contributed by atoms with van der Waals surface area (Å²) in [6, 6.07) is 0.211. The average molecular weight is 373 g/mol. The van der Waals surface area contributed by atoms with Crippen molar-refractivity contribution in [3.8, 4) is 0 Å². The van der Waals surface area contributed by atoms with Crippen molar-refractivity contribution in [1.82, 2.24) is 40.5 Å². The Hall–Kier alpha value is -2.33. The summed E-state index contributed by atoms with van der Waals surface area (Å²) >= 11 is 0. The number of likely N-dealkylation sites (N-methyl/N-ethyl adjacent to an activating group) is 1. The SMILES string of the molecule is CN1CCN(CCNC(=O)[C@@H]2CC[C@@H](Nc3ncc4n[nH]nc4n3)C2)CC1. The fourth-order valence-corrected chi connectivity index (χ4v) is 3.81. The molecule has 2 aromatic heterocycles. The predicted octanol–water partition coefficient (Wildman–Crippen LogP) is -0.308. The molecule has 1 aliphatic heterocycles. The Kier molecular flexibility index (Phi) is 5.44. The Balaban J connectivity index is 1.20. The molecule has 2 aliphatic rings. The van der Waals surface area contributed by atoms with Gasteiger partial charge in [-0.1, -0.05) is 0 Å². The summed E-state index contributed by atoms with van der Waals surface area (Å²) in [6.45, 7) is 6.02. The molecule has 10 heteroatoms. The number of hydrogen-bond donors (Lipinski definition) is 3. The van der Waals surface area contributed by atoms with Crippen molar-refractivity contribution in [3.05, 3.63) is 6.20 Å². The molecular weight excluding hydrogens is 346 g/mol. The number of carbonyl (C=O) groups is 1. The number of carbonyl (C=O) groups excluding carboxylic acids is 1. The molecule has 0 radical (unpaired) electrons. The number of fused-ring (bicyclic) bond motifs is 1. The van der Waals surface area contributed by atoms with Crippen LogP contribution in [0.3, 0.4) is 0 Å². The standard InChI is InChI=1S/C17H27N9O/c1-25-6-8-26(9-7-25)5-4-18-16(27)12-2-3-13(10-12)20-17-19-11-14-15(21-17)23-24-22-14/h11-13H,2-10H2,1H3,(H,18,27)(H2,19,20,21,22,23,24)/t12-,13-/m1/s1. The second-order valence-electron chi connectivity index (χ2n) is 7.51. The summed E-state index contributed by atoms with van der Waals surface area (Å²) in [5.41, 5.74) is 1.19. The van der Waals surface area contributed by atoms with E-state index < -0.39 is 0 Å². The maximum Gasteiger partial charge on any atom is 0.225 e. The van der Waals surface area contributed by atoms with Gasteiger partial charge in [-0.2, -0.15) is 15.3 Å². The zero-order chi connectivity index (χ0) is 18.6. The van der Waals surface area contributed by atoms with E-state index in [9.17, 15) is 4.79 Å². The first-order valence-corrected chi connectivity index (χ1v) is 9.66. The molecular formula is C17H27N9O. The summed E-state index contributed by atoms with van der Waals surface area (Å²) < 4.78 is 0. The average Bonchev–Trinajstić information content (AvgIpc) is 3.32. The van der Waals surface area contributed by atoms with Crippen LogP contribution in [-0.4, -0.2) is 93.4 Å². The molecule has 10 nitrogen and oxygen atoms in total. The minimum absolute atomic E-state index is 0.0609. The van der Waals surface area contributed by atoms with Gasteiger partial charge in [-0.15, -0.1) is 5.10 Å². The van der Waals surface area contributed by atoms with E-state index in [1.807, 2.05) is 0 Å². The number of nitrogens with one attached hydrogen (secondary N) is 3. The van der Waals surface area contributed by atoms with Crippen LogP contribution in [-0.2, 0) is 4.79 Å². The first kappa shape index (κ1) is 18.1. The molecule has 2 atom stereocenters. The number of piperazine rings is 1. The smallest absolute Gasteiger partial charge is 0.225 e. The maximum absolute atomic E-state index is 12.5. The van der Waals surface area contributed by atoms with Gasteiger partial charge in [0.15, 0.2) is 0 Å². The molecule has 1 aliphatic carbocycles. The molecule has 3 heterocycles. The number of amides is 1. The quantitative estimate of drug-likeness (QED) is 0.632. The van der Waals surface area contributed by atoms with Gasteiger partial charge in [0.2, 0.25) is 17.5 Å². The lowest BCUT2D eigenvalue weighted by molar-refractivity contribution is -0.124. The van der Waals surface area contributed by atoms with Crippen LogP contribution in [0.5, 0.6) is 0 Å². The Labute approximate surface area is 158 Å². The third kappa shape index (κ3) is 4.51. The Bertz CT molecular complexity index is 771. The first-order valence-electron chi connectivity index (χ1n) is 9.66. The van der Waals surface area contributed by atoms with E-state index in [2.05, 4.69) is 52.9 Å². The maximum atomic E-state index is 12.5. The lowest BCUT2D eigenvalue weighted by atomic mass is 10.1. The van der Waals surface area contributed by atoms with Crippen molar-refractivity contribution in [3.63, 3.8) is 0 Å². The topological polar surface area (TPSA) is 115 Å². The van der Waals surface area contributed by atoms with Crippen molar-refractivity contribution in [1.29, 1.82) is 0 Å². The summed E-state index contributed by atoms with van der Waals surface area (Å²) in [7, 11) is 2.15. The van der Waals surface area contributed by atoms with E-state index in [1.165, 1.54) is 0 Å². The van der Waals surface area contributed by atoms with E-state index >= 15 is 0 Å². The predicted molar refractivity (Wildman–Crippen MR) is 101 cm³/mol. The minimum Gasteiger partial charge on any atom is -0.355 e. The molecule has 0 aromatic carbocycles. The third-order valence-corrected chi connectivity index (χ3v) is 5.54. The van der Waals surface area contributed by atoms with Gasteiger partial charge >= 0.3 is 0 Å². The lowest BCUT2D eigenvalue weighted by Crippen LogP contribution is -2.47. The third-order valence-electron chi connectivity index (χ3n) is 5.54. The van der Waals surface area contributed by atoms with Crippen LogP contribution < -0.4 is 10.6 Å². The Morgan fingerprint density at radius 1 is 1.26 bits per heavy atom. The van der Waals surface area contributed by atoms with Crippen molar-refractivity contribution in [2.24, 2.45) is 5.92 Å². The molecule has 0 unspecified atom stereocenters. The Morgan fingerprint density at radius 2 is 2.11 bits per heavy atom. The molecule has 1 amide bonds. The normalized spacial score (nSPS) is 24.3. The van der Waals surface area contributed by atoms with Crippen LogP contribution in [0, 0.1) is 5.92 Å². The van der Waals surface area contributed by atoms with E-state index in [4.69, 9.17) is 0 Å². The molecule has 0 bridgehead atoms. The first-order chi connectivity index (χ1) is 13.2. The van der Waals surface area contributed by atoms with Crippen LogP contribution >= 0.6 is 0 Å². The molecule has 27 heavy (non-hydrogen) atoms. The highest BCUT2D eigenvalue weighted by Crippen LogP contribution is 2.27. The highest BCUT2D eigenvalue weighted by Gasteiger charge is 2.30. The number of nitrogens with zero attached hydrogens (tertiary/aromatic N) is 6. The summed E-state index contributed by atoms with van der Waals surface area (Å²) in [5, 5.41) is 16.9. The monoisotopic (exact) mass is 373 g/mol. The van der Waals surface area contributed by atoms with Crippen molar-refractivity contribution >= 4 is 23.0 Å². The molecule has 146 valence electrons. The van der Waals surface area contributed by atoms with Crippen LogP contribution in [0.25, 0.3) is 11.2 Å². The highest BCUT2D eigenvalue weighted by molar-refractivity contribution is 5.79. The fourth-order valence-electron chi connectivity index (χ4n) is 3.81. The molecule has 2 fully saturated rings. The second-order valence-corrected chi connectivity index (χ2v) is 7.51.